The molecule has 0 aromatic heterocycles. The van der Waals surface area contributed by atoms with Crippen molar-refractivity contribution in [2.45, 2.75) is 52.9 Å². The van der Waals surface area contributed by atoms with Crippen molar-refractivity contribution in [2.24, 2.45) is 5.41 Å². The number of hydrogen-bond acceptors (Lipinski definition) is 0. The summed E-state index contributed by atoms with van der Waals surface area (Å²) in [5.74, 6) is 1.32. The van der Waals surface area contributed by atoms with Gasteiger partial charge >= 0.3 is 18.9 Å². The van der Waals surface area contributed by atoms with Crippen molar-refractivity contribution >= 4 is 0 Å². The van der Waals surface area contributed by atoms with Gasteiger partial charge in [-0.3, -0.25) is 0 Å². The largest absolute Gasteiger partial charge is 1.00 e. The van der Waals surface area contributed by atoms with Crippen LogP contribution < -0.4 is 18.9 Å². The van der Waals surface area contributed by atoms with Gasteiger partial charge in [0.15, 0.2) is 0 Å². The summed E-state index contributed by atoms with van der Waals surface area (Å²) < 4.78 is 0. The summed E-state index contributed by atoms with van der Waals surface area (Å²) in [5, 5.41) is 0. The van der Waals surface area contributed by atoms with Crippen LogP contribution >= 0.6 is 0 Å². The van der Waals surface area contributed by atoms with E-state index in [1.54, 1.807) is 0 Å². The van der Waals surface area contributed by atoms with E-state index in [2.05, 4.69) is 120 Å². The summed E-state index contributed by atoms with van der Waals surface area (Å²) in [6.07, 6.45) is 2.30. The quantitative estimate of drug-likeness (QED) is 0.410. The molecule has 0 nitrogen and oxygen atoms in total. The Bertz CT molecular complexity index is 865. The Morgan fingerprint density at radius 3 is 1.62 bits per heavy atom. The van der Waals surface area contributed by atoms with Gasteiger partial charge < -0.3 is 0 Å². The fourth-order valence-corrected chi connectivity index (χ4v) is 4.20. The molecule has 3 aromatic rings. The van der Waals surface area contributed by atoms with Crippen LogP contribution in [0.5, 0.6) is 0 Å². The van der Waals surface area contributed by atoms with E-state index < -0.39 is 0 Å². The van der Waals surface area contributed by atoms with Crippen LogP contribution in [0, 0.1) is 11.3 Å². The molecule has 3 aromatic carbocycles. The molecule has 1 unspecified atom stereocenters. The van der Waals surface area contributed by atoms with Crippen LogP contribution in [0.3, 0.4) is 0 Å². The predicted octanol–water partition coefficient (Wildman–Crippen LogP) is 4.81. The first-order valence-corrected chi connectivity index (χ1v) is 10.4. The molecule has 1 heteroatoms. The molecule has 146 valence electrons. The van der Waals surface area contributed by atoms with E-state index in [4.69, 9.17) is 0 Å². The summed E-state index contributed by atoms with van der Waals surface area (Å²) in [6.45, 7) is 11.7. The van der Waals surface area contributed by atoms with Crippen molar-refractivity contribution in [1.29, 1.82) is 0 Å². The average molecular weight is 377 g/mol. The Morgan fingerprint density at radius 2 is 1.10 bits per heavy atom. The summed E-state index contributed by atoms with van der Waals surface area (Å²) in [5.41, 5.74) is 5.65. The Balaban J connectivity index is 0.00000300. The Hall–Kier alpha value is -1.87. The minimum atomic E-state index is -0.0000479. The smallest absolute Gasteiger partial charge is 0.121 e. The topological polar surface area (TPSA) is 0 Å². The maximum atomic E-state index is 2.41. The molecule has 0 aliphatic rings. The molecule has 0 aliphatic carbocycles. The first-order chi connectivity index (χ1) is 13.4. The molecule has 29 heavy (non-hydrogen) atoms. The zero-order valence-electron chi connectivity index (χ0n) is 19.0. The number of hydrogen-bond donors (Lipinski definition) is 0. The van der Waals surface area contributed by atoms with Gasteiger partial charge in [0, 0.05) is 5.41 Å². The van der Waals surface area contributed by atoms with E-state index in [1.165, 1.54) is 34.6 Å². The molecule has 0 radical (unpaired) electrons. The molecule has 0 amide bonds. The average Bonchev–Trinajstić information content (AvgIpc) is 2.74. The maximum absolute atomic E-state index is 2.41. The molecule has 0 saturated heterocycles. The van der Waals surface area contributed by atoms with Gasteiger partial charge in [-0.2, -0.15) is 0 Å². The fourth-order valence-electron chi connectivity index (χ4n) is 4.20. The van der Waals surface area contributed by atoms with Gasteiger partial charge in [-0.05, 0) is 17.4 Å². The number of benzene rings is 3. The minimum absolute atomic E-state index is 0. The molecule has 0 heterocycles. The summed E-state index contributed by atoms with van der Waals surface area (Å²) in [6, 6.07) is 30.9. The monoisotopic (exact) mass is 376 g/mol. The van der Waals surface area contributed by atoms with Crippen molar-refractivity contribution < 1.29 is 18.9 Å². The van der Waals surface area contributed by atoms with Crippen molar-refractivity contribution in [3.05, 3.63) is 113 Å². The first kappa shape index (κ1) is 23.4. The first-order valence-electron chi connectivity index (χ1n) is 10.4. The van der Waals surface area contributed by atoms with E-state index in [0.717, 1.165) is 6.42 Å². The minimum Gasteiger partial charge on any atom is -0.121 e. The van der Waals surface area contributed by atoms with Crippen LogP contribution in [0.1, 0.15) is 69.7 Å². The van der Waals surface area contributed by atoms with E-state index in [9.17, 15) is 0 Å². The summed E-state index contributed by atoms with van der Waals surface area (Å²) >= 11 is 0. The Labute approximate surface area is 189 Å². The van der Waals surface area contributed by atoms with Crippen LogP contribution in [0.4, 0.5) is 0 Å². The molecular weight excluding hydrogens is 343 g/mol. The Kier molecular flexibility index (Phi) is 7.87. The summed E-state index contributed by atoms with van der Waals surface area (Å²) in [7, 11) is 0. The number of rotatable bonds is 7. The second kappa shape index (κ2) is 9.75. The fraction of sp³-hybridized carbons (Fsp3) is 0.321. The van der Waals surface area contributed by atoms with E-state index in [-0.39, 0.29) is 29.7 Å². The van der Waals surface area contributed by atoms with E-state index in [0.29, 0.717) is 0 Å². The maximum Gasteiger partial charge on any atom is 1.00 e. The van der Waals surface area contributed by atoms with Crippen LogP contribution in [0.15, 0.2) is 84.9 Å². The van der Waals surface area contributed by atoms with E-state index >= 15 is 0 Å². The third-order valence-corrected chi connectivity index (χ3v) is 6.36. The molecule has 0 fully saturated rings. The van der Waals surface area contributed by atoms with Gasteiger partial charge in [0.1, 0.15) is 0 Å². The van der Waals surface area contributed by atoms with Crippen molar-refractivity contribution in [3.8, 4) is 0 Å². The second-order valence-corrected chi connectivity index (χ2v) is 8.96. The van der Waals surface area contributed by atoms with Gasteiger partial charge in [0.05, 0.1) is 0 Å². The molecule has 0 saturated carbocycles. The normalized spacial score (nSPS) is 13.3. The SMILES string of the molecule is CCC(C)(C)CC(C)(c1ccccc1)c1ccc([C-](C)c2ccccc2)cc1.[Li+]. The van der Waals surface area contributed by atoms with Gasteiger partial charge in [0.2, 0.25) is 0 Å². The summed E-state index contributed by atoms with van der Waals surface area (Å²) in [4.78, 5) is 0. The van der Waals surface area contributed by atoms with E-state index in [1.807, 2.05) is 0 Å². The van der Waals surface area contributed by atoms with Crippen LogP contribution in [-0.2, 0) is 5.41 Å². The van der Waals surface area contributed by atoms with Crippen LogP contribution in [-0.4, -0.2) is 0 Å². The predicted molar refractivity (Wildman–Crippen MR) is 122 cm³/mol. The second-order valence-electron chi connectivity index (χ2n) is 8.96. The standard InChI is InChI=1S/C28H33.Li/c1-6-27(3,4)21-28(5,25-15-11-8-12-16-25)26-19-17-24(18-20-26)22(2)23-13-9-7-10-14-23;/h7-20H,6,21H2,1-5H3;/q-1;+1. The molecule has 1 atom stereocenters. The van der Waals surface area contributed by atoms with Crippen molar-refractivity contribution in [1.82, 2.24) is 0 Å². The third kappa shape index (κ3) is 5.39. The van der Waals surface area contributed by atoms with Crippen LogP contribution in [0.2, 0.25) is 0 Å². The molecule has 3 rings (SSSR count). The third-order valence-electron chi connectivity index (χ3n) is 6.36. The molecule has 0 spiro atoms. The molecule has 0 aliphatic heterocycles. The van der Waals surface area contributed by atoms with Gasteiger partial charge in [-0.1, -0.05) is 107 Å². The molecule has 0 bridgehead atoms. The van der Waals surface area contributed by atoms with Crippen LogP contribution in [0.25, 0.3) is 0 Å². The van der Waals surface area contributed by atoms with Gasteiger partial charge in [0.25, 0.3) is 0 Å². The zero-order chi connectivity index (χ0) is 20.2. The van der Waals surface area contributed by atoms with Gasteiger partial charge in [-0.15, -0.1) is 41.3 Å². The zero-order valence-corrected chi connectivity index (χ0v) is 19.0. The van der Waals surface area contributed by atoms with Crippen molar-refractivity contribution in [2.75, 3.05) is 0 Å². The van der Waals surface area contributed by atoms with Gasteiger partial charge in [-0.25, -0.2) is 0 Å². The van der Waals surface area contributed by atoms with Crippen molar-refractivity contribution in [3.63, 3.8) is 0 Å². The molecular formula is C28H33Li. The molecule has 0 N–H and O–H groups in total. The Morgan fingerprint density at radius 1 is 0.655 bits per heavy atom.